The molecule has 0 radical (unpaired) electrons. The Morgan fingerprint density at radius 1 is 0.967 bits per heavy atom. The van der Waals surface area contributed by atoms with Gasteiger partial charge in [0.05, 0.1) is 11.5 Å². The summed E-state index contributed by atoms with van der Waals surface area (Å²) in [5.74, 6) is -0.680. The third-order valence-electron chi connectivity index (χ3n) is 4.87. The average molecular weight is 432 g/mol. The molecule has 1 saturated heterocycles. The van der Waals surface area contributed by atoms with Crippen molar-refractivity contribution in [2.45, 2.75) is 31.1 Å². The molecule has 8 heteroatoms. The lowest BCUT2D eigenvalue weighted by molar-refractivity contribution is 0.0471. The zero-order chi connectivity index (χ0) is 21.6. The number of carbonyl (C=O) groups is 2. The molecule has 0 N–H and O–H groups in total. The van der Waals surface area contributed by atoms with E-state index >= 15 is 0 Å². The lowest BCUT2D eigenvalue weighted by Crippen LogP contribution is -2.35. The van der Waals surface area contributed by atoms with Gasteiger partial charge in [-0.3, -0.25) is 4.79 Å². The second kappa shape index (κ2) is 9.86. The van der Waals surface area contributed by atoms with Crippen molar-refractivity contribution in [3.63, 3.8) is 0 Å². The molecule has 1 aliphatic rings. The molecule has 2 aromatic carbocycles. The van der Waals surface area contributed by atoms with Crippen LogP contribution in [0.25, 0.3) is 0 Å². The van der Waals surface area contributed by atoms with Crippen LogP contribution in [-0.2, 0) is 14.8 Å². The molecular weight excluding hydrogens is 406 g/mol. The van der Waals surface area contributed by atoms with Crippen molar-refractivity contribution in [2.75, 3.05) is 26.3 Å². The van der Waals surface area contributed by atoms with Gasteiger partial charge in [0.2, 0.25) is 10.0 Å². The number of esters is 1. The number of nitrogens with zero attached hydrogens (tertiary/aromatic N) is 1. The van der Waals surface area contributed by atoms with Gasteiger partial charge in [-0.15, -0.1) is 0 Å². The van der Waals surface area contributed by atoms with Crippen LogP contribution >= 0.6 is 0 Å². The molecule has 0 bridgehead atoms. The highest BCUT2D eigenvalue weighted by atomic mass is 32.2. The van der Waals surface area contributed by atoms with Gasteiger partial charge in [0, 0.05) is 18.7 Å². The third kappa shape index (κ3) is 5.06. The molecule has 2 aromatic rings. The molecule has 0 atom stereocenters. The van der Waals surface area contributed by atoms with E-state index in [0.29, 0.717) is 25.4 Å². The third-order valence-corrected chi connectivity index (χ3v) is 6.78. The summed E-state index contributed by atoms with van der Waals surface area (Å²) in [4.78, 5) is 24.8. The van der Waals surface area contributed by atoms with Gasteiger partial charge in [0.15, 0.2) is 12.4 Å². The Kier molecular flexibility index (Phi) is 7.23. The monoisotopic (exact) mass is 431 g/mol. The van der Waals surface area contributed by atoms with Crippen LogP contribution in [0.4, 0.5) is 0 Å². The maximum atomic E-state index is 12.7. The van der Waals surface area contributed by atoms with E-state index in [4.69, 9.17) is 9.47 Å². The van der Waals surface area contributed by atoms with Crippen molar-refractivity contribution in [3.8, 4) is 5.75 Å². The van der Waals surface area contributed by atoms with Crippen LogP contribution in [0.15, 0.2) is 53.4 Å². The van der Waals surface area contributed by atoms with Crippen molar-refractivity contribution in [1.29, 1.82) is 0 Å². The SMILES string of the molecule is CCOc1ccccc1C(=O)OCC(=O)c1ccc(S(=O)(=O)N2CCCCC2)cc1. The second-order valence-electron chi connectivity index (χ2n) is 6.92. The fourth-order valence-corrected chi connectivity index (χ4v) is 4.79. The van der Waals surface area contributed by atoms with Crippen LogP contribution in [0, 0.1) is 0 Å². The summed E-state index contributed by atoms with van der Waals surface area (Å²) in [5.41, 5.74) is 0.522. The summed E-state index contributed by atoms with van der Waals surface area (Å²) in [6.07, 6.45) is 2.74. The number of carbonyl (C=O) groups excluding carboxylic acids is 2. The lowest BCUT2D eigenvalue weighted by atomic mass is 10.1. The highest BCUT2D eigenvalue weighted by Crippen LogP contribution is 2.22. The molecule has 0 aliphatic carbocycles. The number of rotatable bonds is 8. The molecule has 0 saturated carbocycles. The van der Waals surface area contributed by atoms with E-state index in [1.807, 2.05) is 0 Å². The van der Waals surface area contributed by atoms with Gasteiger partial charge in [-0.25, -0.2) is 13.2 Å². The molecule has 1 fully saturated rings. The number of hydrogen-bond acceptors (Lipinski definition) is 6. The molecule has 1 heterocycles. The zero-order valence-corrected chi connectivity index (χ0v) is 17.7. The van der Waals surface area contributed by atoms with Crippen molar-refractivity contribution < 1.29 is 27.5 Å². The maximum Gasteiger partial charge on any atom is 0.342 e. The predicted octanol–water partition coefficient (Wildman–Crippen LogP) is 3.30. The first-order valence-corrected chi connectivity index (χ1v) is 11.4. The quantitative estimate of drug-likeness (QED) is 0.471. The Bertz CT molecular complexity index is 995. The van der Waals surface area contributed by atoms with E-state index in [-0.39, 0.29) is 16.0 Å². The van der Waals surface area contributed by atoms with Crippen LogP contribution in [0.5, 0.6) is 5.75 Å². The number of piperidine rings is 1. The lowest BCUT2D eigenvalue weighted by Gasteiger charge is -2.25. The number of para-hydroxylation sites is 1. The topological polar surface area (TPSA) is 90.0 Å². The summed E-state index contributed by atoms with van der Waals surface area (Å²) in [5, 5.41) is 0. The fourth-order valence-electron chi connectivity index (χ4n) is 3.28. The largest absolute Gasteiger partial charge is 0.493 e. The number of ketones is 1. The summed E-state index contributed by atoms with van der Waals surface area (Å²) in [6.45, 7) is 2.79. The van der Waals surface area contributed by atoms with Gasteiger partial charge in [-0.2, -0.15) is 4.31 Å². The van der Waals surface area contributed by atoms with Crippen LogP contribution in [-0.4, -0.2) is 50.8 Å². The number of benzene rings is 2. The van der Waals surface area contributed by atoms with Crippen molar-refractivity contribution in [1.82, 2.24) is 4.31 Å². The fraction of sp³-hybridized carbons (Fsp3) is 0.364. The minimum Gasteiger partial charge on any atom is -0.493 e. The Balaban J connectivity index is 1.63. The molecule has 0 spiro atoms. The van der Waals surface area contributed by atoms with Gasteiger partial charge in [-0.05, 0) is 56.2 Å². The Hall–Kier alpha value is -2.71. The smallest absolute Gasteiger partial charge is 0.342 e. The summed E-state index contributed by atoms with van der Waals surface area (Å²) >= 11 is 0. The van der Waals surface area contributed by atoms with Gasteiger partial charge in [0.25, 0.3) is 0 Å². The van der Waals surface area contributed by atoms with Crippen LogP contribution in [0.1, 0.15) is 46.9 Å². The van der Waals surface area contributed by atoms with Gasteiger partial charge in [0.1, 0.15) is 11.3 Å². The Morgan fingerprint density at radius 3 is 2.30 bits per heavy atom. The molecule has 0 unspecified atom stereocenters. The van der Waals surface area contributed by atoms with E-state index < -0.39 is 28.4 Å². The van der Waals surface area contributed by atoms with Crippen molar-refractivity contribution in [2.24, 2.45) is 0 Å². The highest BCUT2D eigenvalue weighted by Gasteiger charge is 2.26. The summed E-state index contributed by atoms with van der Waals surface area (Å²) in [7, 11) is -3.55. The van der Waals surface area contributed by atoms with Gasteiger partial charge < -0.3 is 9.47 Å². The molecule has 0 amide bonds. The molecule has 1 aliphatic heterocycles. The zero-order valence-electron chi connectivity index (χ0n) is 16.9. The van der Waals surface area contributed by atoms with Crippen LogP contribution in [0.3, 0.4) is 0 Å². The Labute approximate surface area is 176 Å². The first kappa shape index (κ1) is 22.0. The van der Waals surface area contributed by atoms with E-state index in [1.165, 1.54) is 28.6 Å². The molecule has 30 heavy (non-hydrogen) atoms. The molecular formula is C22H25NO6S. The van der Waals surface area contributed by atoms with E-state index in [0.717, 1.165) is 19.3 Å². The first-order chi connectivity index (χ1) is 14.4. The number of sulfonamides is 1. The minimum absolute atomic E-state index is 0.156. The maximum absolute atomic E-state index is 12.7. The van der Waals surface area contributed by atoms with Gasteiger partial charge in [-0.1, -0.05) is 18.6 Å². The van der Waals surface area contributed by atoms with Crippen LogP contribution in [0.2, 0.25) is 0 Å². The van der Waals surface area contributed by atoms with Crippen molar-refractivity contribution >= 4 is 21.8 Å². The molecule has 0 aromatic heterocycles. The van der Waals surface area contributed by atoms with Gasteiger partial charge >= 0.3 is 5.97 Å². The van der Waals surface area contributed by atoms with E-state index in [9.17, 15) is 18.0 Å². The van der Waals surface area contributed by atoms with Crippen LogP contribution < -0.4 is 4.74 Å². The van der Waals surface area contributed by atoms with E-state index in [2.05, 4.69) is 0 Å². The Morgan fingerprint density at radius 2 is 1.63 bits per heavy atom. The number of ether oxygens (including phenoxy) is 2. The number of Topliss-reactive ketones (excluding diaryl/α,β-unsaturated/α-hetero) is 1. The highest BCUT2D eigenvalue weighted by molar-refractivity contribution is 7.89. The molecule has 7 nitrogen and oxygen atoms in total. The molecule has 160 valence electrons. The summed E-state index contributed by atoms with van der Waals surface area (Å²) in [6, 6.07) is 12.4. The predicted molar refractivity (Wildman–Crippen MR) is 111 cm³/mol. The summed E-state index contributed by atoms with van der Waals surface area (Å²) < 4.78 is 37.4. The normalized spacial score (nSPS) is 14.8. The van der Waals surface area contributed by atoms with Crippen molar-refractivity contribution in [3.05, 3.63) is 59.7 Å². The van der Waals surface area contributed by atoms with E-state index in [1.54, 1.807) is 31.2 Å². The number of hydrogen-bond donors (Lipinski definition) is 0. The standard InChI is InChI=1S/C22H25NO6S/c1-2-28-21-9-5-4-8-19(21)22(25)29-16-20(24)17-10-12-18(13-11-17)30(26,27)23-14-6-3-7-15-23/h4-5,8-13H,2-3,6-7,14-16H2,1H3. The molecule has 3 rings (SSSR count). The second-order valence-corrected chi connectivity index (χ2v) is 8.86. The minimum atomic E-state index is -3.55. The first-order valence-electron chi connectivity index (χ1n) is 9.96. The average Bonchev–Trinajstić information content (AvgIpc) is 2.78.